The Morgan fingerprint density at radius 2 is 2.00 bits per heavy atom. The second kappa shape index (κ2) is 6.13. The summed E-state index contributed by atoms with van der Waals surface area (Å²) in [4.78, 5) is 30.7. The van der Waals surface area contributed by atoms with E-state index in [0.717, 1.165) is 6.42 Å². The lowest BCUT2D eigenvalue weighted by Gasteiger charge is -2.21. The Bertz CT molecular complexity index is 427. The molecule has 0 aliphatic heterocycles. The lowest BCUT2D eigenvalue weighted by molar-refractivity contribution is -0.129. The first-order chi connectivity index (χ1) is 8.45. The number of nitrogens with one attached hydrogen (secondary N) is 1. The molecule has 0 radical (unpaired) electrons. The van der Waals surface area contributed by atoms with Crippen molar-refractivity contribution in [1.82, 2.24) is 25.0 Å². The molecule has 0 atom stereocenters. The predicted molar refractivity (Wildman–Crippen MR) is 66.0 cm³/mol. The number of rotatable bonds is 5. The third kappa shape index (κ3) is 3.54. The molecular weight excluding hydrogens is 234 g/mol. The zero-order valence-electron chi connectivity index (χ0n) is 11.2. The first-order valence-corrected chi connectivity index (χ1v) is 5.84. The molecule has 7 heteroatoms. The highest BCUT2D eigenvalue weighted by molar-refractivity contribution is 5.93. The molecule has 1 aromatic heterocycles. The number of amides is 2. The van der Waals surface area contributed by atoms with Crippen LogP contribution in [0.4, 0.5) is 0 Å². The summed E-state index contributed by atoms with van der Waals surface area (Å²) in [5.74, 6) is 0.238. The van der Waals surface area contributed by atoms with Crippen molar-refractivity contribution in [3.05, 3.63) is 11.6 Å². The van der Waals surface area contributed by atoms with Crippen molar-refractivity contribution in [2.24, 2.45) is 0 Å². The molecule has 1 N–H and O–H groups in total. The molecule has 0 bridgehead atoms. The van der Waals surface area contributed by atoms with Crippen LogP contribution in [-0.2, 0) is 4.79 Å². The first-order valence-electron chi connectivity index (χ1n) is 5.84. The molecule has 100 valence electrons. The normalized spacial score (nSPS) is 10.2. The van der Waals surface area contributed by atoms with E-state index in [-0.39, 0.29) is 24.2 Å². The average molecular weight is 253 g/mol. The van der Waals surface area contributed by atoms with Gasteiger partial charge in [0.2, 0.25) is 11.7 Å². The van der Waals surface area contributed by atoms with E-state index in [2.05, 4.69) is 15.2 Å². The fourth-order valence-electron chi connectivity index (χ4n) is 1.41. The van der Waals surface area contributed by atoms with Gasteiger partial charge in [0.1, 0.15) is 12.4 Å². The molecule has 1 rings (SSSR count). The maximum Gasteiger partial charge on any atom is 0.293 e. The highest BCUT2D eigenvalue weighted by atomic mass is 16.2. The quantitative estimate of drug-likeness (QED) is 0.804. The van der Waals surface area contributed by atoms with E-state index in [4.69, 9.17) is 0 Å². The van der Waals surface area contributed by atoms with Crippen molar-refractivity contribution in [3.63, 3.8) is 0 Å². The number of carbonyl (C=O) groups excluding carboxylic acids is 2. The van der Waals surface area contributed by atoms with E-state index in [0.29, 0.717) is 12.4 Å². The Morgan fingerprint density at radius 3 is 2.44 bits per heavy atom. The van der Waals surface area contributed by atoms with Crippen molar-refractivity contribution in [2.75, 3.05) is 27.2 Å². The van der Waals surface area contributed by atoms with Crippen LogP contribution in [0.5, 0.6) is 0 Å². The number of aromatic amines is 1. The summed E-state index contributed by atoms with van der Waals surface area (Å²) in [7, 11) is 3.32. The molecule has 0 spiro atoms. The number of aryl methyl sites for hydroxylation is 1. The monoisotopic (exact) mass is 253 g/mol. The number of carbonyl (C=O) groups is 2. The summed E-state index contributed by atoms with van der Waals surface area (Å²) in [6.45, 7) is 4.22. The topological polar surface area (TPSA) is 82.2 Å². The van der Waals surface area contributed by atoms with Gasteiger partial charge >= 0.3 is 0 Å². The SMILES string of the molecule is CCCN(CC(=O)N(C)C)C(=O)c1n[nH]c(C)n1. The minimum atomic E-state index is -0.323. The van der Waals surface area contributed by atoms with Crippen LogP contribution in [0.2, 0.25) is 0 Å². The second-order valence-corrected chi connectivity index (χ2v) is 4.26. The van der Waals surface area contributed by atoms with Gasteiger partial charge in [-0.25, -0.2) is 4.98 Å². The fraction of sp³-hybridized carbons (Fsp3) is 0.636. The van der Waals surface area contributed by atoms with E-state index in [9.17, 15) is 9.59 Å². The zero-order chi connectivity index (χ0) is 13.7. The Morgan fingerprint density at radius 1 is 1.33 bits per heavy atom. The number of hydrogen-bond acceptors (Lipinski definition) is 4. The second-order valence-electron chi connectivity index (χ2n) is 4.26. The van der Waals surface area contributed by atoms with Crippen molar-refractivity contribution in [1.29, 1.82) is 0 Å². The maximum atomic E-state index is 12.1. The summed E-state index contributed by atoms with van der Waals surface area (Å²) in [5, 5.41) is 6.44. The third-order valence-electron chi connectivity index (χ3n) is 2.39. The van der Waals surface area contributed by atoms with Gasteiger partial charge in [0.05, 0.1) is 0 Å². The van der Waals surface area contributed by atoms with Crippen LogP contribution < -0.4 is 0 Å². The molecule has 1 heterocycles. The molecule has 7 nitrogen and oxygen atoms in total. The molecule has 0 aromatic carbocycles. The average Bonchev–Trinajstić information content (AvgIpc) is 2.74. The molecule has 0 unspecified atom stereocenters. The minimum Gasteiger partial charge on any atom is -0.347 e. The minimum absolute atomic E-state index is 0.0489. The zero-order valence-corrected chi connectivity index (χ0v) is 11.2. The summed E-state index contributed by atoms with van der Waals surface area (Å²) < 4.78 is 0. The Hall–Kier alpha value is -1.92. The van der Waals surface area contributed by atoms with Gasteiger partial charge in [0.25, 0.3) is 5.91 Å². The van der Waals surface area contributed by atoms with Crippen LogP contribution in [-0.4, -0.2) is 64.0 Å². The Labute approximate surface area is 106 Å². The van der Waals surface area contributed by atoms with Gasteiger partial charge in [-0.3, -0.25) is 14.7 Å². The third-order valence-corrected chi connectivity index (χ3v) is 2.39. The number of H-pyrrole nitrogens is 1. The van der Waals surface area contributed by atoms with Crippen LogP contribution in [0.15, 0.2) is 0 Å². The van der Waals surface area contributed by atoms with Crippen molar-refractivity contribution < 1.29 is 9.59 Å². The Balaban J connectivity index is 2.78. The molecule has 0 aliphatic carbocycles. The highest BCUT2D eigenvalue weighted by Crippen LogP contribution is 2.01. The van der Waals surface area contributed by atoms with Crippen molar-refractivity contribution in [3.8, 4) is 0 Å². The van der Waals surface area contributed by atoms with E-state index in [1.165, 1.54) is 9.80 Å². The van der Waals surface area contributed by atoms with Gasteiger partial charge in [-0.15, -0.1) is 5.10 Å². The largest absolute Gasteiger partial charge is 0.347 e. The van der Waals surface area contributed by atoms with Crippen LogP contribution >= 0.6 is 0 Å². The molecule has 18 heavy (non-hydrogen) atoms. The predicted octanol–water partition coefficient (Wildman–Crippen LogP) is 0.0535. The van der Waals surface area contributed by atoms with Crippen molar-refractivity contribution in [2.45, 2.75) is 20.3 Å². The van der Waals surface area contributed by atoms with Gasteiger partial charge in [-0.1, -0.05) is 6.92 Å². The standard InChI is InChI=1S/C11H19N5O2/c1-5-6-16(7-9(17)15(3)4)11(18)10-12-8(2)13-14-10/h5-7H2,1-4H3,(H,12,13,14). The van der Waals surface area contributed by atoms with Crippen LogP contribution in [0.1, 0.15) is 29.8 Å². The van der Waals surface area contributed by atoms with Gasteiger partial charge in [0.15, 0.2) is 0 Å². The molecule has 1 aromatic rings. The van der Waals surface area contributed by atoms with Gasteiger partial charge in [-0.2, -0.15) is 0 Å². The number of nitrogens with zero attached hydrogens (tertiary/aromatic N) is 4. The summed E-state index contributed by atoms with van der Waals surface area (Å²) in [5.41, 5.74) is 0. The van der Waals surface area contributed by atoms with Gasteiger partial charge in [0, 0.05) is 20.6 Å². The molecule has 2 amide bonds. The van der Waals surface area contributed by atoms with Crippen LogP contribution in [0.3, 0.4) is 0 Å². The highest BCUT2D eigenvalue weighted by Gasteiger charge is 2.22. The summed E-state index contributed by atoms with van der Waals surface area (Å²) in [6.07, 6.45) is 0.774. The Kier molecular flexibility index (Phi) is 4.82. The van der Waals surface area contributed by atoms with E-state index in [1.54, 1.807) is 21.0 Å². The summed E-state index contributed by atoms with van der Waals surface area (Å²) in [6, 6.07) is 0. The molecule has 0 saturated carbocycles. The molecular formula is C11H19N5O2. The van der Waals surface area contributed by atoms with Gasteiger partial charge in [-0.05, 0) is 13.3 Å². The molecule has 0 saturated heterocycles. The first kappa shape index (κ1) is 14.1. The van der Waals surface area contributed by atoms with Crippen LogP contribution in [0, 0.1) is 6.92 Å². The van der Waals surface area contributed by atoms with Crippen molar-refractivity contribution >= 4 is 11.8 Å². The molecule has 0 fully saturated rings. The van der Waals surface area contributed by atoms with Gasteiger partial charge < -0.3 is 9.80 Å². The lowest BCUT2D eigenvalue weighted by atomic mass is 10.3. The van der Waals surface area contributed by atoms with E-state index < -0.39 is 0 Å². The number of hydrogen-bond donors (Lipinski definition) is 1. The summed E-state index contributed by atoms with van der Waals surface area (Å²) >= 11 is 0. The maximum absolute atomic E-state index is 12.1. The van der Waals surface area contributed by atoms with E-state index in [1.807, 2.05) is 6.92 Å². The number of aromatic nitrogens is 3. The number of likely N-dealkylation sites (N-methyl/N-ethyl adjacent to an activating group) is 1. The fourth-order valence-corrected chi connectivity index (χ4v) is 1.41. The smallest absolute Gasteiger partial charge is 0.293 e. The molecule has 0 aliphatic rings. The van der Waals surface area contributed by atoms with Crippen LogP contribution in [0.25, 0.3) is 0 Å². The van der Waals surface area contributed by atoms with E-state index >= 15 is 0 Å². The lowest BCUT2D eigenvalue weighted by Crippen LogP contribution is -2.41.